The molecule has 1 aliphatic rings. The van der Waals surface area contributed by atoms with Gasteiger partial charge in [0, 0.05) is 6.42 Å². The summed E-state index contributed by atoms with van der Waals surface area (Å²) in [6.45, 7) is -0.567. The summed E-state index contributed by atoms with van der Waals surface area (Å²) in [7, 11) is 0. The van der Waals surface area contributed by atoms with E-state index in [0.29, 0.717) is 5.56 Å². The molecule has 0 unspecified atom stereocenters. The molecule has 0 aliphatic carbocycles. The van der Waals surface area contributed by atoms with E-state index in [1.54, 1.807) is 30.3 Å². The first-order valence-electron chi connectivity index (χ1n) is 6.06. The van der Waals surface area contributed by atoms with Gasteiger partial charge < -0.3 is 30.3 Å². The van der Waals surface area contributed by atoms with Crippen molar-refractivity contribution in [3.8, 4) is 0 Å². The summed E-state index contributed by atoms with van der Waals surface area (Å²) in [6.07, 6.45) is -6.03. The summed E-state index contributed by atoms with van der Waals surface area (Å²) in [6, 6.07) is 8.78. The van der Waals surface area contributed by atoms with Gasteiger partial charge in [-0.2, -0.15) is 0 Å². The second kappa shape index (κ2) is 5.54. The molecule has 2 rings (SSSR count). The van der Waals surface area contributed by atoms with Gasteiger partial charge in [0.15, 0.2) is 6.29 Å². The molecule has 1 saturated heterocycles. The van der Waals surface area contributed by atoms with Crippen molar-refractivity contribution in [1.29, 1.82) is 0 Å². The lowest BCUT2D eigenvalue weighted by atomic mass is 9.79. The predicted molar refractivity (Wildman–Crippen MR) is 65.1 cm³/mol. The van der Waals surface area contributed by atoms with Crippen LogP contribution < -0.4 is 0 Å². The van der Waals surface area contributed by atoms with Crippen LogP contribution in [0.2, 0.25) is 0 Å². The second-order valence-corrected chi connectivity index (χ2v) is 4.79. The molecule has 5 atom stereocenters. The molecular formula is C13H18O6. The fourth-order valence-corrected chi connectivity index (χ4v) is 2.35. The van der Waals surface area contributed by atoms with Gasteiger partial charge in [-0.1, -0.05) is 30.3 Å². The molecule has 6 nitrogen and oxygen atoms in total. The number of ether oxygens (including phenoxy) is 1. The van der Waals surface area contributed by atoms with Crippen LogP contribution in [0.4, 0.5) is 0 Å². The molecule has 0 bridgehead atoms. The third-order valence-corrected chi connectivity index (χ3v) is 3.47. The predicted octanol–water partition coefficient (Wildman–Crippen LogP) is -1.61. The van der Waals surface area contributed by atoms with Crippen molar-refractivity contribution in [2.45, 2.75) is 36.6 Å². The lowest BCUT2D eigenvalue weighted by Gasteiger charge is -2.46. The summed E-state index contributed by atoms with van der Waals surface area (Å²) >= 11 is 0. The van der Waals surface area contributed by atoms with Crippen molar-refractivity contribution in [3.63, 3.8) is 0 Å². The average Bonchev–Trinajstić information content (AvgIpc) is 2.42. The van der Waals surface area contributed by atoms with E-state index in [1.165, 1.54) is 0 Å². The molecule has 0 spiro atoms. The molecule has 1 aliphatic heterocycles. The maximum atomic E-state index is 10.5. The van der Waals surface area contributed by atoms with Crippen LogP contribution in [0.1, 0.15) is 5.56 Å². The molecule has 0 aromatic heterocycles. The third kappa shape index (κ3) is 2.64. The Morgan fingerprint density at radius 2 is 1.68 bits per heavy atom. The number of hydrogen-bond donors (Lipinski definition) is 5. The number of benzene rings is 1. The zero-order valence-corrected chi connectivity index (χ0v) is 10.3. The highest BCUT2D eigenvalue weighted by molar-refractivity contribution is 5.19. The van der Waals surface area contributed by atoms with Crippen molar-refractivity contribution < 1.29 is 30.3 Å². The maximum absolute atomic E-state index is 10.5. The largest absolute Gasteiger partial charge is 0.394 e. The van der Waals surface area contributed by atoms with Crippen molar-refractivity contribution in [1.82, 2.24) is 0 Å². The first kappa shape index (κ1) is 14.4. The second-order valence-electron chi connectivity index (χ2n) is 4.79. The first-order chi connectivity index (χ1) is 8.99. The van der Waals surface area contributed by atoms with Crippen molar-refractivity contribution in [3.05, 3.63) is 35.9 Å². The summed E-state index contributed by atoms with van der Waals surface area (Å²) in [5.41, 5.74) is -1.29. The van der Waals surface area contributed by atoms with E-state index < -0.39 is 36.8 Å². The van der Waals surface area contributed by atoms with Crippen LogP contribution in [-0.4, -0.2) is 62.3 Å². The Labute approximate surface area is 110 Å². The number of aliphatic hydroxyl groups is 5. The Balaban J connectivity index is 2.26. The van der Waals surface area contributed by atoms with Crippen molar-refractivity contribution in [2.24, 2.45) is 0 Å². The number of hydrogen-bond acceptors (Lipinski definition) is 6. The fraction of sp³-hybridized carbons (Fsp3) is 0.538. The van der Waals surface area contributed by atoms with E-state index in [9.17, 15) is 20.4 Å². The highest BCUT2D eigenvalue weighted by Gasteiger charge is 2.54. The van der Waals surface area contributed by atoms with E-state index in [0.717, 1.165) is 0 Å². The standard InChI is InChI=1S/C13H18O6/c14-7-9-10(15)13(18,11(16)12(17)19-9)6-8-4-2-1-3-5-8/h1-5,9-12,14-18H,6-7H2/t9-,10-,11+,12-,13+/m0/s1. The van der Waals surface area contributed by atoms with Crippen LogP contribution in [0, 0.1) is 0 Å². The normalized spacial score (nSPS) is 39.2. The summed E-state index contributed by atoms with van der Waals surface area (Å²) in [4.78, 5) is 0. The molecule has 1 heterocycles. The Morgan fingerprint density at radius 1 is 1.05 bits per heavy atom. The van der Waals surface area contributed by atoms with Gasteiger partial charge in [0.25, 0.3) is 0 Å². The van der Waals surface area contributed by atoms with Crippen LogP contribution in [0.3, 0.4) is 0 Å². The minimum absolute atomic E-state index is 0.0624. The minimum Gasteiger partial charge on any atom is -0.394 e. The summed E-state index contributed by atoms with van der Waals surface area (Å²) in [5.74, 6) is 0. The van der Waals surface area contributed by atoms with E-state index in [2.05, 4.69) is 0 Å². The van der Waals surface area contributed by atoms with Crippen LogP contribution in [-0.2, 0) is 11.2 Å². The van der Waals surface area contributed by atoms with Gasteiger partial charge in [-0.05, 0) is 5.56 Å². The molecule has 6 heteroatoms. The molecule has 0 saturated carbocycles. The zero-order chi connectivity index (χ0) is 14.0. The first-order valence-corrected chi connectivity index (χ1v) is 6.06. The molecule has 1 aromatic rings. The highest BCUT2D eigenvalue weighted by Crippen LogP contribution is 2.32. The van der Waals surface area contributed by atoms with Gasteiger partial charge in [0.05, 0.1) is 6.61 Å². The lowest BCUT2D eigenvalue weighted by Crippen LogP contribution is -2.68. The van der Waals surface area contributed by atoms with Gasteiger partial charge in [-0.15, -0.1) is 0 Å². The van der Waals surface area contributed by atoms with E-state index in [4.69, 9.17) is 9.84 Å². The lowest BCUT2D eigenvalue weighted by molar-refractivity contribution is -0.321. The van der Waals surface area contributed by atoms with Crippen LogP contribution in [0.25, 0.3) is 0 Å². The Hall–Kier alpha value is -1.02. The molecule has 1 aromatic carbocycles. The molecule has 106 valence electrons. The monoisotopic (exact) mass is 270 g/mol. The summed E-state index contributed by atoms with van der Waals surface area (Å²) < 4.78 is 4.84. The topological polar surface area (TPSA) is 110 Å². The highest BCUT2D eigenvalue weighted by atomic mass is 16.6. The Kier molecular flexibility index (Phi) is 4.19. The van der Waals surface area contributed by atoms with Gasteiger partial charge >= 0.3 is 0 Å². The average molecular weight is 270 g/mol. The Morgan fingerprint density at radius 3 is 2.26 bits per heavy atom. The minimum atomic E-state index is -1.98. The maximum Gasteiger partial charge on any atom is 0.184 e. The van der Waals surface area contributed by atoms with Crippen LogP contribution in [0.5, 0.6) is 0 Å². The third-order valence-electron chi connectivity index (χ3n) is 3.47. The Bertz CT molecular complexity index is 411. The van der Waals surface area contributed by atoms with Gasteiger partial charge in [0.1, 0.15) is 23.9 Å². The van der Waals surface area contributed by atoms with E-state index in [1.807, 2.05) is 0 Å². The van der Waals surface area contributed by atoms with Crippen molar-refractivity contribution in [2.75, 3.05) is 6.61 Å². The number of rotatable bonds is 3. The molecule has 1 fully saturated rings. The molecular weight excluding hydrogens is 252 g/mol. The van der Waals surface area contributed by atoms with Crippen molar-refractivity contribution >= 4 is 0 Å². The summed E-state index contributed by atoms with van der Waals surface area (Å²) in [5, 5.41) is 49.0. The fourth-order valence-electron chi connectivity index (χ4n) is 2.35. The quantitative estimate of drug-likeness (QED) is 0.452. The zero-order valence-electron chi connectivity index (χ0n) is 10.3. The van der Waals surface area contributed by atoms with Crippen LogP contribution >= 0.6 is 0 Å². The van der Waals surface area contributed by atoms with Gasteiger partial charge in [-0.3, -0.25) is 0 Å². The molecule has 0 amide bonds. The molecule has 5 N–H and O–H groups in total. The van der Waals surface area contributed by atoms with E-state index in [-0.39, 0.29) is 6.42 Å². The molecule has 19 heavy (non-hydrogen) atoms. The number of aliphatic hydroxyl groups excluding tert-OH is 4. The van der Waals surface area contributed by atoms with Crippen LogP contribution in [0.15, 0.2) is 30.3 Å². The van der Waals surface area contributed by atoms with Gasteiger partial charge in [0.2, 0.25) is 0 Å². The molecule has 0 radical (unpaired) electrons. The van der Waals surface area contributed by atoms with Gasteiger partial charge in [-0.25, -0.2) is 0 Å². The SMILES string of the molecule is OC[C@@H]1O[C@H](O)[C@@H](O)[C@@](O)(Cc2ccccc2)[C@H]1O. The smallest absolute Gasteiger partial charge is 0.184 e. The van der Waals surface area contributed by atoms with E-state index >= 15 is 0 Å².